The summed E-state index contributed by atoms with van der Waals surface area (Å²) in [5.74, 6) is -0.978. The molecule has 1 amide bonds. The van der Waals surface area contributed by atoms with Crippen molar-refractivity contribution in [1.82, 2.24) is 5.32 Å². The van der Waals surface area contributed by atoms with Crippen molar-refractivity contribution in [3.05, 3.63) is 70.7 Å². The predicted octanol–water partition coefficient (Wildman–Crippen LogP) is 4.15. The fourth-order valence-corrected chi connectivity index (χ4v) is 2.73. The van der Waals surface area contributed by atoms with E-state index in [-0.39, 0.29) is 30.4 Å². The van der Waals surface area contributed by atoms with Gasteiger partial charge < -0.3 is 10.1 Å². The number of amides is 1. The number of benzene rings is 2. The van der Waals surface area contributed by atoms with Crippen LogP contribution in [-0.2, 0) is 14.3 Å². The minimum absolute atomic E-state index is 0.0137. The van der Waals surface area contributed by atoms with Crippen LogP contribution >= 0.6 is 11.6 Å². The molecule has 148 valence electrons. The molecule has 28 heavy (non-hydrogen) atoms. The third kappa shape index (κ3) is 6.82. The van der Waals surface area contributed by atoms with Crippen molar-refractivity contribution >= 4 is 29.3 Å². The highest BCUT2D eigenvalue weighted by atomic mass is 35.5. The second kappa shape index (κ2) is 10.6. The van der Waals surface area contributed by atoms with Gasteiger partial charge in [0.15, 0.2) is 11.9 Å². The van der Waals surface area contributed by atoms with Crippen LogP contribution in [0.15, 0.2) is 54.6 Å². The largest absolute Gasteiger partial charge is 0.453 e. The number of esters is 1. The summed E-state index contributed by atoms with van der Waals surface area (Å²) in [7, 11) is 0. The van der Waals surface area contributed by atoms with Crippen LogP contribution in [0.3, 0.4) is 0 Å². The lowest BCUT2D eigenvalue weighted by molar-refractivity contribution is -0.154. The number of halogens is 1. The van der Waals surface area contributed by atoms with E-state index in [0.717, 1.165) is 5.56 Å². The van der Waals surface area contributed by atoms with E-state index in [1.54, 1.807) is 24.3 Å². The van der Waals surface area contributed by atoms with E-state index >= 15 is 0 Å². The zero-order valence-corrected chi connectivity index (χ0v) is 16.7. The van der Waals surface area contributed by atoms with Crippen LogP contribution in [0.2, 0.25) is 5.02 Å². The fraction of sp³-hybridized carbons (Fsp3) is 0.318. The van der Waals surface area contributed by atoms with Crippen LogP contribution in [-0.4, -0.2) is 30.3 Å². The zero-order valence-electron chi connectivity index (χ0n) is 16.0. The van der Waals surface area contributed by atoms with Gasteiger partial charge in [0.25, 0.3) is 5.91 Å². The summed E-state index contributed by atoms with van der Waals surface area (Å²) in [6.07, 6.45) is -0.986. The normalized spacial score (nSPS) is 12.7. The molecule has 0 fully saturated rings. The molecule has 0 bridgehead atoms. The van der Waals surface area contributed by atoms with Crippen LogP contribution in [0, 0.1) is 0 Å². The van der Waals surface area contributed by atoms with E-state index in [2.05, 4.69) is 5.32 Å². The number of carbonyl (C=O) groups excluding carboxylic acids is 3. The molecule has 1 N–H and O–H groups in total. The van der Waals surface area contributed by atoms with E-state index in [1.165, 1.54) is 6.92 Å². The fourth-order valence-electron chi connectivity index (χ4n) is 2.60. The van der Waals surface area contributed by atoms with Gasteiger partial charge in [0.1, 0.15) is 0 Å². The zero-order chi connectivity index (χ0) is 20.5. The molecule has 0 aliphatic carbocycles. The standard InChI is InChI=1S/C22H24ClNO4/c1-15(17-6-4-3-5-7-17)14-24-22(27)16(2)28-21(26)13-12-20(25)18-8-10-19(23)11-9-18/h3-11,15-16H,12-14H2,1-2H3,(H,24,27)/t15-,16-/m0/s1. The third-order valence-corrected chi connectivity index (χ3v) is 4.60. The molecule has 0 saturated heterocycles. The Balaban J connectivity index is 1.72. The molecule has 0 aromatic heterocycles. The second-order valence-corrected chi connectivity index (χ2v) is 7.06. The van der Waals surface area contributed by atoms with E-state index in [1.807, 2.05) is 37.3 Å². The van der Waals surface area contributed by atoms with Crippen LogP contribution in [0.4, 0.5) is 0 Å². The lowest BCUT2D eigenvalue weighted by Crippen LogP contribution is -2.37. The Hall–Kier alpha value is -2.66. The maximum absolute atomic E-state index is 12.1. The number of carbonyl (C=O) groups is 3. The number of hydrogen-bond acceptors (Lipinski definition) is 4. The van der Waals surface area contributed by atoms with Gasteiger partial charge in [-0.25, -0.2) is 0 Å². The summed E-state index contributed by atoms with van der Waals surface area (Å²) < 4.78 is 5.13. The Kier molecular flexibility index (Phi) is 8.20. The first kappa shape index (κ1) is 21.6. The minimum atomic E-state index is -0.916. The van der Waals surface area contributed by atoms with Gasteiger partial charge in [-0.15, -0.1) is 0 Å². The van der Waals surface area contributed by atoms with E-state index in [4.69, 9.17) is 16.3 Å². The molecule has 0 radical (unpaired) electrons. The highest BCUT2D eigenvalue weighted by molar-refractivity contribution is 6.30. The molecule has 5 nitrogen and oxygen atoms in total. The van der Waals surface area contributed by atoms with Gasteiger partial charge in [0, 0.05) is 23.6 Å². The summed E-state index contributed by atoms with van der Waals surface area (Å²) in [5.41, 5.74) is 1.60. The Morgan fingerprint density at radius 3 is 2.25 bits per heavy atom. The molecule has 2 atom stereocenters. The van der Waals surface area contributed by atoms with Crippen molar-refractivity contribution in [1.29, 1.82) is 0 Å². The number of hydrogen-bond donors (Lipinski definition) is 1. The summed E-state index contributed by atoms with van der Waals surface area (Å²) in [6, 6.07) is 16.3. The number of Topliss-reactive ketones (excluding diaryl/α,β-unsaturated/α-hetero) is 1. The van der Waals surface area contributed by atoms with Crippen molar-refractivity contribution in [3.8, 4) is 0 Å². The molecule has 0 unspecified atom stereocenters. The first-order valence-electron chi connectivity index (χ1n) is 9.17. The van der Waals surface area contributed by atoms with E-state index in [0.29, 0.717) is 17.1 Å². The summed E-state index contributed by atoms with van der Waals surface area (Å²) in [6.45, 7) is 3.97. The molecule has 2 rings (SSSR count). The van der Waals surface area contributed by atoms with Crippen molar-refractivity contribution < 1.29 is 19.1 Å². The van der Waals surface area contributed by atoms with Gasteiger partial charge in [0.05, 0.1) is 6.42 Å². The van der Waals surface area contributed by atoms with E-state index < -0.39 is 12.1 Å². The topological polar surface area (TPSA) is 72.5 Å². The Morgan fingerprint density at radius 1 is 0.964 bits per heavy atom. The number of ketones is 1. The van der Waals surface area contributed by atoms with Gasteiger partial charge in [-0.3, -0.25) is 14.4 Å². The van der Waals surface area contributed by atoms with E-state index in [9.17, 15) is 14.4 Å². The first-order chi connectivity index (χ1) is 13.4. The SMILES string of the molecule is C[C@H](OC(=O)CCC(=O)c1ccc(Cl)cc1)C(=O)NC[C@H](C)c1ccccc1. The summed E-state index contributed by atoms with van der Waals surface area (Å²) >= 11 is 5.79. The molecule has 2 aromatic rings. The molecule has 0 spiro atoms. The van der Waals surface area contributed by atoms with Gasteiger partial charge in [-0.05, 0) is 42.7 Å². The average Bonchev–Trinajstić information content (AvgIpc) is 2.71. The van der Waals surface area contributed by atoms with Crippen molar-refractivity contribution in [2.45, 2.75) is 38.7 Å². The lowest BCUT2D eigenvalue weighted by Gasteiger charge is -2.16. The Bertz CT molecular complexity index is 805. The van der Waals surface area contributed by atoms with Crippen LogP contribution in [0.5, 0.6) is 0 Å². The molecule has 0 heterocycles. The quantitative estimate of drug-likeness (QED) is 0.506. The Morgan fingerprint density at radius 2 is 1.61 bits per heavy atom. The maximum Gasteiger partial charge on any atom is 0.307 e. The number of ether oxygens (including phenoxy) is 1. The molecule has 0 aliphatic heterocycles. The van der Waals surface area contributed by atoms with Crippen molar-refractivity contribution in [2.24, 2.45) is 0 Å². The number of nitrogens with one attached hydrogen (secondary N) is 1. The third-order valence-electron chi connectivity index (χ3n) is 4.35. The minimum Gasteiger partial charge on any atom is -0.453 e. The van der Waals surface area contributed by atoms with Crippen LogP contribution in [0.1, 0.15) is 48.5 Å². The van der Waals surface area contributed by atoms with Crippen molar-refractivity contribution in [2.75, 3.05) is 6.54 Å². The predicted molar refractivity (Wildman–Crippen MR) is 108 cm³/mol. The van der Waals surface area contributed by atoms with Gasteiger partial charge in [0.2, 0.25) is 0 Å². The molecular weight excluding hydrogens is 378 g/mol. The van der Waals surface area contributed by atoms with Crippen molar-refractivity contribution in [3.63, 3.8) is 0 Å². The number of rotatable bonds is 9. The van der Waals surface area contributed by atoms with Crippen LogP contribution in [0.25, 0.3) is 0 Å². The molecule has 6 heteroatoms. The molecule has 0 aliphatic rings. The Labute approximate surface area is 170 Å². The first-order valence-corrected chi connectivity index (χ1v) is 9.55. The molecular formula is C22H24ClNO4. The second-order valence-electron chi connectivity index (χ2n) is 6.62. The smallest absolute Gasteiger partial charge is 0.307 e. The van der Waals surface area contributed by atoms with Gasteiger partial charge >= 0.3 is 5.97 Å². The van der Waals surface area contributed by atoms with Gasteiger partial charge in [-0.1, -0.05) is 48.9 Å². The average molecular weight is 402 g/mol. The van der Waals surface area contributed by atoms with Crippen LogP contribution < -0.4 is 5.32 Å². The van der Waals surface area contributed by atoms with Gasteiger partial charge in [-0.2, -0.15) is 0 Å². The molecule has 2 aromatic carbocycles. The summed E-state index contributed by atoms with van der Waals surface area (Å²) in [4.78, 5) is 36.1. The maximum atomic E-state index is 12.1. The lowest BCUT2D eigenvalue weighted by atomic mass is 10.0. The highest BCUT2D eigenvalue weighted by Gasteiger charge is 2.19. The summed E-state index contributed by atoms with van der Waals surface area (Å²) in [5, 5.41) is 3.33. The highest BCUT2D eigenvalue weighted by Crippen LogP contribution is 2.14. The molecule has 0 saturated carbocycles. The monoisotopic (exact) mass is 401 g/mol.